The van der Waals surface area contributed by atoms with Crippen LogP contribution in [0.25, 0.3) is 0 Å². The van der Waals surface area contributed by atoms with E-state index in [1.807, 2.05) is 12.1 Å². The van der Waals surface area contributed by atoms with Crippen LogP contribution in [0.15, 0.2) is 18.3 Å². The summed E-state index contributed by atoms with van der Waals surface area (Å²) in [5, 5.41) is 0. The monoisotopic (exact) mass is 279 g/mol. The van der Waals surface area contributed by atoms with Crippen LogP contribution in [0.4, 0.5) is 5.69 Å². The summed E-state index contributed by atoms with van der Waals surface area (Å²) in [5.41, 5.74) is 7.51. The lowest BCUT2D eigenvalue weighted by Crippen LogP contribution is -2.38. The number of pyridine rings is 1. The Morgan fingerprint density at radius 3 is 2.95 bits per heavy atom. The van der Waals surface area contributed by atoms with Crippen LogP contribution in [-0.4, -0.2) is 36.3 Å². The van der Waals surface area contributed by atoms with E-state index in [1.54, 1.807) is 13.3 Å². The minimum atomic E-state index is 0.348. The standard InChI is InChI=1S/C14H21N3OS/c1-10(11-5-6-11)17(8-9-18-2)12-4-3-7-16-13(12)14(15)19/h3-4,7,10-11H,5-6,8-9H2,1-2H3,(H2,15,19). The predicted molar refractivity (Wildman–Crippen MR) is 81.5 cm³/mol. The summed E-state index contributed by atoms with van der Waals surface area (Å²) in [4.78, 5) is 6.99. The van der Waals surface area contributed by atoms with E-state index in [4.69, 9.17) is 22.7 Å². The van der Waals surface area contributed by atoms with Crippen molar-refractivity contribution in [3.63, 3.8) is 0 Å². The Bertz CT molecular complexity index is 448. The molecule has 19 heavy (non-hydrogen) atoms. The van der Waals surface area contributed by atoms with Gasteiger partial charge in [0.25, 0.3) is 0 Å². The van der Waals surface area contributed by atoms with E-state index in [-0.39, 0.29) is 0 Å². The van der Waals surface area contributed by atoms with Crippen molar-refractivity contribution in [3.8, 4) is 0 Å². The highest BCUT2D eigenvalue weighted by Gasteiger charge is 2.33. The molecule has 2 N–H and O–H groups in total. The molecule has 1 saturated carbocycles. The van der Waals surface area contributed by atoms with E-state index >= 15 is 0 Å². The minimum absolute atomic E-state index is 0.348. The molecule has 1 aliphatic rings. The van der Waals surface area contributed by atoms with Gasteiger partial charge in [0, 0.05) is 25.9 Å². The normalized spacial score (nSPS) is 16.1. The van der Waals surface area contributed by atoms with Crippen LogP contribution in [0.2, 0.25) is 0 Å². The highest BCUT2D eigenvalue weighted by Crippen LogP contribution is 2.37. The van der Waals surface area contributed by atoms with Crippen molar-refractivity contribution in [1.82, 2.24) is 4.98 Å². The molecular weight excluding hydrogens is 258 g/mol. The number of methoxy groups -OCH3 is 1. The van der Waals surface area contributed by atoms with Crippen LogP contribution in [0, 0.1) is 5.92 Å². The molecule has 1 aliphatic carbocycles. The molecule has 104 valence electrons. The van der Waals surface area contributed by atoms with Crippen LogP contribution < -0.4 is 10.6 Å². The van der Waals surface area contributed by atoms with Crippen molar-refractivity contribution >= 4 is 22.9 Å². The van der Waals surface area contributed by atoms with E-state index in [2.05, 4.69) is 16.8 Å². The van der Waals surface area contributed by atoms with Crippen LogP contribution >= 0.6 is 12.2 Å². The van der Waals surface area contributed by atoms with E-state index in [9.17, 15) is 0 Å². The summed E-state index contributed by atoms with van der Waals surface area (Å²) < 4.78 is 5.22. The second-order valence-electron chi connectivity index (χ2n) is 5.00. The quantitative estimate of drug-likeness (QED) is 0.773. The Morgan fingerprint density at radius 2 is 2.37 bits per heavy atom. The van der Waals surface area contributed by atoms with Gasteiger partial charge in [0.15, 0.2) is 0 Å². The van der Waals surface area contributed by atoms with Gasteiger partial charge >= 0.3 is 0 Å². The predicted octanol–water partition coefficient (Wildman–Crippen LogP) is 1.97. The molecule has 0 saturated heterocycles. The maximum absolute atomic E-state index is 5.78. The number of aromatic nitrogens is 1. The van der Waals surface area contributed by atoms with Gasteiger partial charge in [0.1, 0.15) is 10.7 Å². The zero-order valence-electron chi connectivity index (χ0n) is 11.5. The molecule has 0 amide bonds. The second kappa shape index (κ2) is 6.30. The first-order valence-corrected chi connectivity index (χ1v) is 7.06. The van der Waals surface area contributed by atoms with E-state index in [1.165, 1.54) is 12.8 Å². The zero-order chi connectivity index (χ0) is 13.8. The number of ether oxygens (including phenoxy) is 1. The summed E-state index contributed by atoms with van der Waals surface area (Å²) in [7, 11) is 1.72. The summed E-state index contributed by atoms with van der Waals surface area (Å²) in [6, 6.07) is 4.43. The first kappa shape index (κ1) is 14.2. The van der Waals surface area contributed by atoms with Crippen LogP contribution in [0.5, 0.6) is 0 Å². The smallest absolute Gasteiger partial charge is 0.124 e. The van der Waals surface area contributed by atoms with Crippen LogP contribution in [0.1, 0.15) is 25.5 Å². The van der Waals surface area contributed by atoms with Gasteiger partial charge in [0.2, 0.25) is 0 Å². The van der Waals surface area contributed by atoms with Gasteiger partial charge in [-0.2, -0.15) is 0 Å². The van der Waals surface area contributed by atoms with Gasteiger partial charge in [-0.05, 0) is 37.8 Å². The summed E-state index contributed by atoms with van der Waals surface area (Å²) in [6.07, 6.45) is 4.33. The molecule has 1 fully saturated rings. The van der Waals surface area contributed by atoms with Crippen molar-refractivity contribution in [2.24, 2.45) is 11.7 Å². The third-order valence-corrected chi connectivity index (χ3v) is 3.85. The van der Waals surface area contributed by atoms with Crippen molar-refractivity contribution in [1.29, 1.82) is 0 Å². The zero-order valence-corrected chi connectivity index (χ0v) is 12.3. The lowest BCUT2D eigenvalue weighted by atomic mass is 10.1. The average molecular weight is 279 g/mol. The maximum Gasteiger partial charge on any atom is 0.124 e. The molecule has 1 atom stereocenters. The summed E-state index contributed by atoms with van der Waals surface area (Å²) >= 11 is 5.11. The molecule has 4 nitrogen and oxygen atoms in total. The highest BCUT2D eigenvalue weighted by atomic mass is 32.1. The first-order chi connectivity index (χ1) is 9.15. The Balaban J connectivity index is 2.28. The molecule has 1 unspecified atom stereocenters. The van der Waals surface area contributed by atoms with Gasteiger partial charge in [-0.25, -0.2) is 0 Å². The van der Waals surface area contributed by atoms with Crippen molar-refractivity contribution < 1.29 is 4.74 Å². The Hall–Kier alpha value is -1.20. The van der Waals surface area contributed by atoms with Crippen molar-refractivity contribution in [2.45, 2.75) is 25.8 Å². The Kier molecular flexibility index (Phi) is 4.71. The van der Waals surface area contributed by atoms with Gasteiger partial charge in [-0.15, -0.1) is 0 Å². The Labute approximate surface area is 120 Å². The Morgan fingerprint density at radius 1 is 1.63 bits per heavy atom. The van der Waals surface area contributed by atoms with E-state index in [0.717, 1.165) is 18.2 Å². The molecular formula is C14H21N3OS. The van der Waals surface area contributed by atoms with Crippen LogP contribution in [-0.2, 0) is 4.74 Å². The third kappa shape index (κ3) is 3.42. The fourth-order valence-electron chi connectivity index (χ4n) is 2.38. The van der Waals surface area contributed by atoms with E-state index < -0.39 is 0 Å². The van der Waals surface area contributed by atoms with Crippen LogP contribution in [0.3, 0.4) is 0 Å². The van der Waals surface area contributed by atoms with Gasteiger partial charge in [-0.3, -0.25) is 4.98 Å². The molecule has 0 radical (unpaired) electrons. The summed E-state index contributed by atoms with van der Waals surface area (Å²) in [5.74, 6) is 0.760. The molecule has 1 aromatic heterocycles. The molecule has 5 heteroatoms. The molecule has 0 aliphatic heterocycles. The fraction of sp³-hybridized carbons (Fsp3) is 0.571. The topological polar surface area (TPSA) is 51.4 Å². The lowest BCUT2D eigenvalue weighted by Gasteiger charge is -2.32. The lowest BCUT2D eigenvalue weighted by molar-refractivity contribution is 0.202. The van der Waals surface area contributed by atoms with Gasteiger partial charge in [-0.1, -0.05) is 12.2 Å². The fourth-order valence-corrected chi connectivity index (χ4v) is 2.54. The molecule has 1 heterocycles. The molecule has 2 rings (SSSR count). The van der Waals surface area contributed by atoms with E-state index in [0.29, 0.717) is 23.3 Å². The average Bonchev–Trinajstić information content (AvgIpc) is 3.23. The number of hydrogen-bond donors (Lipinski definition) is 1. The molecule has 0 spiro atoms. The largest absolute Gasteiger partial charge is 0.388 e. The minimum Gasteiger partial charge on any atom is -0.388 e. The second-order valence-corrected chi connectivity index (χ2v) is 5.44. The van der Waals surface area contributed by atoms with Gasteiger partial charge in [0.05, 0.1) is 12.3 Å². The first-order valence-electron chi connectivity index (χ1n) is 6.65. The van der Waals surface area contributed by atoms with Crippen molar-refractivity contribution in [3.05, 3.63) is 24.0 Å². The highest BCUT2D eigenvalue weighted by molar-refractivity contribution is 7.80. The number of hydrogen-bond acceptors (Lipinski definition) is 4. The number of thiocarbonyl (C=S) groups is 1. The third-order valence-electron chi connectivity index (χ3n) is 3.66. The van der Waals surface area contributed by atoms with Gasteiger partial charge < -0.3 is 15.4 Å². The van der Waals surface area contributed by atoms with Crippen molar-refractivity contribution in [2.75, 3.05) is 25.2 Å². The SMILES string of the molecule is COCCN(c1cccnc1C(N)=S)C(C)C1CC1. The molecule has 0 aromatic carbocycles. The molecule has 0 bridgehead atoms. The number of nitrogens with zero attached hydrogens (tertiary/aromatic N) is 2. The number of rotatable bonds is 7. The number of anilines is 1. The summed E-state index contributed by atoms with van der Waals surface area (Å²) in [6.45, 7) is 3.77. The molecule has 1 aromatic rings. The maximum atomic E-state index is 5.78. The number of nitrogens with two attached hydrogens (primary N) is 1.